The second kappa shape index (κ2) is 9.36. The average Bonchev–Trinajstić information content (AvgIpc) is 2.62. The number of anilines is 1. The third-order valence-electron chi connectivity index (χ3n) is 3.30. The fraction of sp³-hybridized carbons (Fsp3) is 0.158. The van der Waals surface area contributed by atoms with Crippen molar-refractivity contribution in [2.75, 3.05) is 18.9 Å². The maximum Gasteiger partial charge on any atom is 0.243 e. The molecule has 3 N–H and O–H groups in total. The first-order chi connectivity index (χ1) is 12.1. The molecule has 0 bridgehead atoms. The molecular formula is C19H19ClN4O. The summed E-state index contributed by atoms with van der Waals surface area (Å²) in [7, 11) is 1.64. The lowest BCUT2D eigenvalue weighted by Gasteiger charge is -2.12. The van der Waals surface area contributed by atoms with Gasteiger partial charge in [-0.1, -0.05) is 35.7 Å². The topological polar surface area (TPSA) is 65.5 Å². The Morgan fingerprint density at radius 1 is 1.20 bits per heavy atom. The highest BCUT2D eigenvalue weighted by molar-refractivity contribution is 6.30. The van der Waals surface area contributed by atoms with Crippen LogP contribution in [0.2, 0.25) is 5.02 Å². The van der Waals surface area contributed by atoms with Gasteiger partial charge in [0.05, 0.1) is 6.54 Å². The summed E-state index contributed by atoms with van der Waals surface area (Å²) < 4.78 is 0. The van der Waals surface area contributed by atoms with E-state index >= 15 is 0 Å². The van der Waals surface area contributed by atoms with Crippen LogP contribution < -0.4 is 16.0 Å². The van der Waals surface area contributed by atoms with Crippen molar-refractivity contribution in [1.29, 1.82) is 0 Å². The number of carbonyl (C=O) groups excluding carboxylic acids is 1. The van der Waals surface area contributed by atoms with Crippen molar-refractivity contribution in [3.8, 4) is 12.3 Å². The Bertz CT molecular complexity index is 811. The third-order valence-corrected chi connectivity index (χ3v) is 3.54. The van der Waals surface area contributed by atoms with Gasteiger partial charge < -0.3 is 16.0 Å². The monoisotopic (exact) mass is 354 g/mol. The first-order valence-corrected chi connectivity index (χ1v) is 8.04. The molecule has 5 nitrogen and oxygen atoms in total. The number of carbonyl (C=O) groups is 1. The fourth-order valence-electron chi connectivity index (χ4n) is 2.11. The molecule has 0 unspecified atom stereocenters. The van der Waals surface area contributed by atoms with Crippen molar-refractivity contribution in [3.05, 3.63) is 64.7 Å². The molecule has 0 saturated heterocycles. The van der Waals surface area contributed by atoms with E-state index in [1.165, 1.54) is 0 Å². The van der Waals surface area contributed by atoms with Gasteiger partial charge in [0.25, 0.3) is 0 Å². The lowest BCUT2D eigenvalue weighted by Crippen LogP contribution is -2.41. The van der Waals surface area contributed by atoms with E-state index in [-0.39, 0.29) is 12.5 Å². The lowest BCUT2D eigenvalue weighted by atomic mass is 10.2. The van der Waals surface area contributed by atoms with Gasteiger partial charge in [-0.3, -0.25) is 9.79 Å². The Kier molecular flexibility index (Phi) is 6.87. The van der Waals surface area contributed by atoms with E-state index in [9.17, 15) is 4.79 Å². The van der Waals surface area contributed by atoms with E-state index < -0.39 is 0 Å². The number of nitrogens with one attached hydrogen (secondary N) is 3. The molecule has 0 fully saturated rings. The summed E-state index contributed by atoms with van der Waals surface area (Å²) in [5.41, 5.74) is 2.39. The van der Waals surface area contributed by atoms with Crippen LogP contribution in [-0.4, -0.2) is 25.5 Å². The van der Waals surface area contributed by atoms with Crippen LogP contribution in [0, 0.1) is 12.3 Å². The fourth-order valence-corrected chi connectivity index (χ4v) is 2.32. The molecule has 0 aromatic heterocycles. The number of rotatable bonds is 5. The zero-order chi connectivity index (χ0) is 18.1. The normalized spacial score (nSPS) is 10.7. The van der Waals surface area contributed by atoms with Gasteiger partial charge in [0.2, 0.25) is 5.91 Å². The Hall–Kier alpha value is -2.97. The predicted octanol–water partition coefficient (Wildman–Crippen LogP) is 2.63. The summed E-state index contributed by atoms with van der Waals surface area (Å²) in [6.07, 6.45) is 5.35. The zero-order valence-electron chi connectivity index (χ0n) is 13.8. The summed E-state index contributed by atoms with van der Waals surface area (Å²) in [4.78, 5) is 16.1. The van der Waals surface area contributed by atoms with E-state index in [0.717, 1.165) is 5.56 Å². The van der Waals surface area contributed by atoms with Crippen LogP contribution in [0.3, 0.4) is 0 Å². The molecule has 2 rings (SSSR count). The molecule has 2 aromatic rings. The average molecular weight is 355 g/mol. The molecule has 25 heavy (non-hydrogen) atoms. The molecule has 0 heterocycles. The highest BCUT2D eigenvalue weighted by atomic mass is 35.5. The van der Waals surface area contributed by atoms with Gasteiger partial charge in [-0.2, -0.15) is 0 Å². The quantitative estimate of drug-likeness (QED) is 0.439. The predicted molar refractivity (Wildman–Crippen MR) is 103 cm³/mol. The van der Waals surface area contributed by atoms with Crippen molar-refractivity contribution in [2.45, 2.75) is 6.54 Å². The second-order valence-electron chi connectivity index (χ2n) is 5.18. The Labute approximate surface area is 152 Å². The van der Waals surface area contributed by atoms with Crippen LogP contribution in [-0.2, 0) is 11.3 Å². The largest absolute Gasteiger partial charge is 0.352 e. The van der Waals surface area contributed by atoms with Crippen molar-refractivity contribution in [1.82, 2.24) is 10.6 Å². The number of halogens is 1. The summed E-state index contributed by atoms with van der Waals surface area (Å²) >= 11 is 5.96. The van der Waals surface area contributed by atoms with Gasteiger partial charge in [0.15, 0.2) is 5.96 Å². The van der Waals surface area contributed by atoms with E-state index in [1.807, 2.05) is 24.3 Å². The van der Waals surface area contributed by atoms with Crippen molar-refractivity contribution in [2.24, 2.45) is 4.99 Å². The van der Waals surface area contributed by atoms with Gasteiger partial charge in [0, 0.05) is 29.9 Å². The van der Waals surface area contributed by atoms with Crippen LogP contribution in [0.25, 0.3) is 0 Å². The van der Waals surface area contributed by atoms with Gasteiger partial charge in [0.1, 0.15) is 0 Å². The molecule has 0 atom stereocenters. The van der Waals surface area contributed by atoms with Gasteiger partial charge in [-0.05, 0) is 35.9 Å². The minimum atomic E-state index is -0.195. The van der Waals surface area contributed by atoms with E-state index in [0.29, 0.717) is 28.8 Å². The maximum atomic E-state index is 12.0. The van der Waals surface area contributed by atoms with E-state index in [1.54, 1.807) is 31.3 Å². The first kappa shape index (κ1) is 18.4. The molecule has 0 aliphatic rings. The third kappa shape index (κ3) is 6.21. The SMILES string of the molecule is C#Cc1cccc(NC(=O)CNC(=NC)NCc2cccc(Cl)c2)c1. The number of amides is 1. The lowest BCUT2D eigenvalue weighted by molar-refractivity contribution is -0.115. The Balaban J connectivity index is 1.81. The van der Waals surface area contributed by atoms with Gasteiger partial charge >= 0.3 is 0 Å². The van der Waals surface area contributed by atoms with Crippen molar-refractivity contribution < 1.29 is 4.79 Å². The highest BCUT2D eigenvalue weighted by Crippen LogP contribution is 2.10. The van der Waals surface area contributed by atoms with Crippen LogP contribution in [0.4, 0.5) is 5.69 Å². The van der Waals surface area contributed by atoms with Crippen molar-refractivity contribution >= 4 is 29.2 Å². The van der Waals surface area contributed by atoms with E-state index in [2.05, 4.69) is 26.9 Å². The molecule has 2 aromatic carbocycles. The van der Waals surface area contributed by atoms with Crippen molar-refractivity contribution in [3.63, 3.8) is 0 Å². The van der Waals surface area contributed by atoms with Crippen LogP contribution >= 0.6 is 11.6 Å². The number of benzene rings is 2. The standard InChI is InChI=1S/C19H19ClN4O/c1-3-14-6-5-9-17(11-14)24-18(25)13-23-19(21-2)22-12-15-7-4-8-16(20)10-15/h1,4-11H,12-13H2,2H3,(H,24,25)(H2,21,22,23). The summed E-state index contributed by atoms with van der Waals surface area (Å²) in [6, 6.07) is 14.6. The first-order valence-electron chi connectivity index (χ1n) is 7.66. The number of guanidine groups is 1. The maximum absolute atomic E-state index is 12.0. The number of hydrogen-bond acceptors (Lipinski definition) is 2. The zero-order valence-corrected chi connectivity index (χ0v) is 14.6. The molecule has 0 spiro atoms. The molecule has 6 heteroatoms. The highest BCUT2D eigenvalue weighted by Gasteiger charge is 2.05. The minimum Gasteiger partial charge on any atom is -0.352 e. The second-order valence-corrected chi connectivity index (χ2v) is 5.62. The Morgan fingerprint density at radius 3 is 2.72 bits per heavy atom. The molecular weight excluding hydrogens is 336 g/mol. The number of nitrogens with zero attached hydrogens (tertiary/aromatic N) is 1. The summed E-state index contributed by atoms with van der Waals surface area (Å²) in [5, 5.41) is 9.54. The van der Waals surface area contributed by atoms with Crippen LogP contribution in [0.1, 0.15) is 11.1 Å². The molecule has 0 aliphatic heterocycles. The summed E-state index contributed by atoms with van der Waals surface area (Å²) in [5.74, 6) is 2.86. The molecule has 128 valence electrons. The number of aliphatic imine (C=N–C) groups is 1. The van der Waals surface area contributed by atoms with Crippen LogP contribution in [0.15, 0.2) is 53.5 Å². The van der Waals surface area contributed by atoms with Crippen LogP contribution in [0.5, 0.6) is 0 Å². The molecule has 0 aliphatic carbocycles. The van der Waals surface area contributed by atoms with Gasteiger partial charge in [-0.15, -0.1) is 6.42 Å². The Morgan fingerprint density at radius 2 is 2.00 bits per heavy atom. The number of terminal acetylenes is 1. The smallest absolute Gasteiger partial charge is 0.243 e. The summed E-state index contributed by atoms with van der Waals surface area (Å²) in [6.45, 7) is 0.627. The molecule has 1 amide bonds. The minimum absolute atomic E-state index is 0.0789. The number of hydrogen-bond donors (Lipinski definition) is 3. The molecule has 0 radical (unpaired) electrons. The van der Waals surface area contributed by atoms with Gasteiger partial charge in [-0.25, -0.2) is 0 Å². The van der Waals surface area contributed by atoms with E-state index in [4.69, 9.17) is 18.0 Å². The molecule has 0 saturated carbocycles.